The number of carbonyl (C=O) groups excluding carboxylic acids is 1. The lowest BCUT2D eigenvalue weighted by atomic mass is 10.1. The molecule has 0 aliphatic heterocycles. The third-order valence-electron chi connectivity index (χ3n) is 3.23. The van der Waals surface area contributed by atoms with Crippen LogP contribution in [-0.2, 0) is 11.3 Å². The number of nitrogens with two attached hydrogens (primary N) is 1. The first-order chi connectivity index (χ1) is 9.97. The molecule has 22 heavy (non-hydrogen) atoms. The molecule has 0 fully saturated rings. The smallest absolute Gasteiger partial charge is 0.240 e. The number of hydrogen-bond donors (Lipinski definition) is 2. The minimum Gasteiger partial charge on any atom is -0.330 e. The molecular weight excluding hydrogens is 300 g/mol. The number of carbonyl (C=O) groups is 1. The van der Waals surface area contributed by atoms with Crippen molar-refractivity contribution < 1.29 is 4.79 Å². The molecule has 0 saturated heterocycles. The Morgan fingerprint density at radius 3 is 2.73 bits per heavy atom. The lowest BCUT2D eigenvalue weighted by Gasteiger charge is -2.12. The summed E-state index contributed by atoms with van der Waals surface area (Å²) in [5.74, 6) is 1.25. The van der Waals surface area contributed by atoms with Crippen LogP contribution >= 0.6 is 12.4 Å². The molecule has 1 aromatic heterocycles. The van der Waals surface area contributed by atoms with E-state index in [9.17, 15) is 4.79 Å². The number of nitrogens with one attached hydrogen (secondary N) is 1. The second kappa shape index (κ2) is 7.96. The zero-order valence-corrected chi connectivity index (χ0v) is 13.9. The number of rotatable bonds is 5. The summed E-state index contributed by atoms with van der Waals surface area (Å²) in [4.78, 5) is 16.0. The van der Waals surface area contributed by atoms with Crippen molar-refractivity contribution in [2.45, 2.75) is 39.3 Å². The normalized spacial score (nSPS) is 11.9. The molecule has 0 bridgehead atoms. The van der Waals surface area contributed by atoms with Crippen LogP contribution < -0.4 is 11.1 Å². The summed E-state index contributed by atoms with van der Waals surface area (Å²) in [6.45, 7) is 6.64. The van der Waals surface area contributed by atoms with Crippen LogP contribution in [-0.4, -0.2) is 21.5 Å². The van der Waals surface area contributed by atoms with E-state index in [2.05, 4.69) is 28.7 Å². The highest BCUT2D eigenvalue weighted by atomic mass is 35.5. The van der Waals surface area contributed by atoms with Crippen LogP contribution in [0.1, 0.15) is 38.1 Å². The summed E-state index contributed by atoms with van der Waals surface area (Å²) in [6.07, 6.45) is 3.79. The average molecular weight is 323 g/mol. The lowest BCUT2D eigenvalue weighted by molar-refractivity contribution is -0.117. The highest BCUT2D eigenvalue weighted by Crippen LogP contribution is 2.16. The highest BCUT2D eigenvalue weighted by Gasteiger charge is 2.09. The van der Waals surface area contributed by atoms with Crippen molar-refractivity contribution >= 4 is 24.0 Å². The Labute approximate surface area is 137 Å². The van der Waals surface area contributed by atoms with Crippen LogP contribution in [0.5, 0.6) is 0 Å². The fourth-order valence-electron chi connectivity index (χ4n) is 2.16. The molecule has 1 unspecified atom stereocenters. The predicted molar refractivity (Wildman–Crippen MR) is 91.4 cm³/mol. The van der Waals surface area contributed by atoms with Crippen molar-refractivity contribution in [1.29, 1.82) is 0 Å². The van der Waals surface area contributed by atoms with Gasteiger partial charge in [0.25, 0.3) is 0 Å². The maximum Gasteiger partial charge on any atom is 0.240 e. The van der Waals surface area contributed by atoms with Gasteiger partial charge in [0.2, 0.25) is 5.91 Å². The van der Waals surface area contributed by atoms with Gasteiger partial charge < -0.3 is 15.6 Å². The summed E-state index contributed by atoms with van der Waals surface area (Å²) in [5.41, 5.74) is 7.43. The van der Waals surface area contributed by atoms with E-state index in [1.165, 1.54) is 0 Å². The molecular formula is C16H23ClN4O. The van der Waals surface area contributed by atoms with Gasteiger partial charge in [-0.1, -0.05) is 26.0 Å². The fourth-order valence-corrected chi connectivity index (χ4v) is 2.16. The molecule has 0 spiro atoms. The minimum atomic E-state index is -0.519. The number of hydrogen-bond acceptors (Lipinski definition) is 3. The Bertz CT molecular complexity index is 622. The molecule has 2 aromatic rings. The van der Waals surface area contributed by atoms with E-state index >= 15 is 0 Å². The van der Waals surface area contributed by atoms with Gasteiger partial charge in [0.1, 0.15) is 5.82 Å². The summed E-state index contributed by atoms with van der Waals surface area (Å²) in [5, 5.41) is 2.81. The molecule has 1 heterocycles. The number of halogens is 1. The average Bonchev–Trinajstić information content (AvgIpc) is 2.87. The number of benzene rings is 1. The molecule has 0 aliphatic carbocycles. The number of nitrogens with zero attached hydrogens (tertiary/aromatic N) is 2. The van der Waals surface area contributed by atoms with Crippen LogP contribution in [0.25, 0.3) is 0 Å². The molecule has 120 valence electrons. The van der Waals surface area contributed by atoms with Gasteiger partial charge >= 0.3 is 0 Å². The van der Waals surface area contributed by atoms with Crippen LogP contribution in [0, 0.1) is 0 Å². The van der Waals surface area contributed by atoms with Crippen LogP contribution in [0.3, 0.4) is 0 Å². The van der Waals surface area contributed by atoms with E-state index in [0.717, 1.165) is 23.6 Å². The van der Waals surface area contributed by atoms with Gasteiger partial charge in [0.05, 0.1) is 6.04 Å². The summed E-state index contributed by atoms with van der Waals surface area (Å²) in [7, 11) is 0. The second-order valence-corrected chi connectivity index (χ2v) is 5.55. The Morgan fingerprint density at radius 1 is 1.36 bits per heavy atom. The van der Waals surface area contributed by atoms with E-state index in [-0.39, 0.29) is 18.3 Å². The van der Waals surface area contributed by atoms with E-state index < -0.39 is 6.04 Å². The Balaban J connectivity index is 0.00000242. The monoisotopic (exact) mass is 322 g/mol. The van der Waals surface area contributed by atoms with E-state index in [1.54, 1.807) is 6.92 Å². The van der Waals surface area contributed by atoms with Crippen molar-refractivity contribution in [1.82, 2.24) is 9.55 Å². The SMILES string of the molecule is CC(N)C(=O)Nc1cccc(Cn2ccnc2C(C)C)c1.Cl. The van der Waals surface area contributed by atoms with Crippen molar-refractivity contribution in [2.75, 3.05) is 5.32 Å². The minimum absolute atomic E-state index is 0. The van der Waals surface area contributed by atoms with Gasteiger partial charge in [-0.25, -0.2) is 4.98 Å². The van der Waals surface area contributed by atoms with Crippen molar-refractivity contribution in [3.63, 3.8) is 0 Å². The number of anilines is 1. The molecule has 1 amide bonds. The van der Waals surface area contributed by atoms with Crippen LogP contribution in [0.2, 0.25) is 0 Å². The molecule has 2 rings (SSSR count). The molecule has 0 radical (unpaired) electrons. The highest BCUT2D eigenvalue weighted by molar-refractivity contribution is 5.94. The largest absolute Gasteiger partial charge is 0.330 e. The third kappa shape index (κ3) is 4.58. The summed E-state index contributed by atoms with van der Waals surface area (Å²) < 4.78 is 2.12. The quantitative estimate of drug-likeness (QED) is 0.889. The van der Waals surface area contributed by atoms with Gasteiger partial charge in [-0.05, 0) is 24.6 Å². The maximum atomic E-state index is 11.6. The number of aromatic nitrogens is 2. The Kier molecular flexibility index (Phi) is 6.59. The van der Waals surface area contributed by atoms with Crippen molar-refractivity contribution in [3.8, 4) is 0 Å². The van der Waals surface area contributed by atoms with Crippen molar-refractivity contribution in [2.24, 2.45) is 5.73 Å². The Morgan fingerprint density at radius 2 is 2.09 bits per heavy atom. The number of amides is 1. The third-order valence-corrected chi connectivity index (χ3v) is 3.23. The second-order valence-electron chi connectivity index (χ2n) is 5.55. The predicted octanol–water partition coefficient (Wildman–Crippen LogP) is 2.76. The first-order valence-electron chi connectivity index (χ1n) is 7.13. The van der Waals surface area contributed by atoms with Crippen molar-refractivity contribution in [3.05, 3.63) is 48.0 Å². The molecule has 1 atom stereocenters. The standard InChI is InChI=1S/C16H22N4O.ClH/c1-11(2)15-18-7-8-20(15)10-13-5-4-6-14(9-13)19-16(21)12(3)17;/h4-9,11-12H,10,17H2,1-3H3,(H,19,21);1H. The van der Waals surface area contributed by atoms with Crippen LogP contribution in [0.15, 0.2) is 36.7 Å². The zero-order valence-electron chi connectivity index (χ0n) is 13.1. The lowest BCUT2D eigenvalue weighted by Crippen LogP contribution is -2.32. The first-order valence-corrected chi connectivity index (χ1v) is 7.13. The molecule has 5 nitrogen and oxygen atoms in total. The van der Waals surface area contributed by atoms with Gasteiger partial charge in [-0.3, -0.25) is 4.79 Å². The molecule has 0 aliphatic rings. The van der Waals surface area contributed by atoms with Gasteiger partial charge in [0.15, 0.2) is 0 Å². The fraction of sp³-hybridized carbons (Fsp3) is 0.375. The van der Waals surface area contributed by atoms with E-state index in [0.29, 0.717) is 5.92 Å². The topological polar surface area (TPSA) is 72.9 Å². The first kappa shape index (κ1) is 18.2. The van der Waals surface area contributed by atoms with Crippen LogP contribution in [0.4, 0.5) is 5.69 Å². The van der Waals surface area contributed by atoms with Gasteiger partial charge in [-0.2, -0.15) is 0 Å². The molecule has 0 saturated carbocycles. The Hall–Kier alpha value is -1.85. The van der Waals surface area contributed by atoms with Gasteiger partial charge in [-0.15, -0.1) is 12.4 Å². The van der Waals surface area contributed by atoms with E-state index in [1.807, 2.05) is 36.7 Å². The van der Waals surface area contributed by atoms with E-state index in [4.69, 9.17) is 5.73 Å². The summed E-state index contributed by atoms with van der Waals surface area (Å²) in [6, 6.07) is 7.27. The maximum absolute atomic E-state index is 11.6. The van der Waals surface area contributed by atoms with Gasteiger partial charge in [0, 0.05) is 30.5 Å². The molecule has 6 heteroatoms. The molecule has 1 aromatic carbocycles. The number of imidazole rings is 1. The molecule has 3 N–H and O–H groups in total. The summed E-state index contributed by atoms with van der Waals surface area (Å²) >= 11 is 0. The zero-order chi connectivity index (χ0) is 15.4.